The third-order valence-corrected chi connectivity index (χ3v) is 2.17. The van der Waals surface area contributed by atoms with Crippen LogP contribution in [0.4, 0.5) is 0 Å². The molecule has 0 aliphatic carbocycles. The van der Waals surface area contributed by atoms with E-state index in [0.29, 0.717) is 18.1 Å². The molecule has 3 atom stereocenters. The lowest BCUT2D eigenvalue weighted by molar-refractivity contribution is 0.00877. The van der Waals surface area contributed by atoms with Gasteiger partial charge in [-0.05, 0) is 6.42 Å². The van der Waals surface area contributed by atoms with E-state index in [1.807, 2.05) is 0 Å². The van der Waals surface area contributed by atoms with Crippen LogP contribution in [-0.4, -0.2) is 25.9 Å². The van der Waals surface area contributed by atoms with Crippen molar-refractivity contribution in [2.75, 3.05) is 13.7 Å². The lowest BCUT2D eigenvalue weighted by Crippen LogP contribution is -2.26. The first kappa shape index (κ1) is 8.02. The highest BCUT2D eigenvalue weighted by atomic mass is 16.5. The van der Waals surface area contributed by atoms with Gasteiger partial charge >= 0.3 is 0 Å². The summed E-state index contributed by atoms with van der Waals surface area (Å²) >= 11 is 0. The van der Waals surface area contributed by atoms with Crippen LogP contribution >= 0.6 is 0 Å². The van der Waals surface area contributed by atoms with Crippen LogP contribution < -0.4 is 0 Å². The third-order valence-electron chi connectivity index (χ3n) is 2.17. The van der Waals surface area contributed by atoms with Crippen molar-refractivity contribution < 1.29 is 9.47 Å². The molecule has 2 nitrogen and oxygen atoms in total. The lowest BCUT2D eigenvalue weighted by atomic mass is 10.0. The molecule has 0 saturated carbocycles. The maximum absolute atomic E-state index is 5.49. The second-order valence-corrected chi connectivity index (χ2v) is 2.96. The van der Waals surface area contributed by atoms with Gasteiger partial charge in [-0.3, -0.25) is 0 Å². The average molecular weight is 144 g/mol. The summed E-state index contributed by atoms with van der Waals surface area (Å²) in [5, 5.41) is 0. The highest BCUT2D eigenvalue weighted by molar-refractivity contribution is 4.80. The van der Waals surface area contributed by atoms with E-state index in [1.54, 1.807) is 7.11 Å². The quantitative estimate of drug-likeness (QED) is 0.584. The zero-order valence-corrected chi connectivity index (χ0v) is 6.96. The van der Waals surface area contributed by atoms with Gasteiger partial charge < -0.3 is 9.47 Å². The van der Waals surface area contributed by atoms with Gasteiger partial charge in [-0.2, -0.15) is 0 Å². The molecule has 0 aromatic carbocycles. The van der Waals surface area contributed by atoms with Crippen LogP contribution in [0.2, 0.25) is 0 Å². The van der Waals surface area contributed by atoms with Crippen molar-refractivity contribution in [3.8, 4) is 0 Å². The van der Waals surface area contributed by atoms with Crippen LogP contribution in [-0.2, 0) is 9.47 Å². The second-order valence-electron chi connectivity index (χ2n) is 2.96. The molecule has 1 aliphatic heterocycles. The molecule has 0 aromatic rings. The van der Waals surface area contributed by atoms with E-state index >= 15 is 0 Å². The molecule has 0 bridgehead atoms. The van der Waals surface area contributed by atoms with E-state index in [4.69, 9.17) is 9.47 Å². The minimum absolute atomic E-state index is 0.324. The molecule has 1 heterocycles. The fourth-order valence-corrected chi connectivity index (χ4v) is 1.57. The van der Waals surface area contributed by atoms with Crippen molar-refractivity contribution in [3.63, 3.8) is 0 Å². The highest BCUT2D eigenvalue weighted by Crippen LogP contribution is 2.24. The Kier molecular flexibility index (Phi) is 2.69. The van der Waals surface area contributed by atoms with Gasteiger partial charge in [0.2, 0.25) is 0 Å². The van der Waals surface area contributed by atoms with Gasteiger partial charge in [0.05, 0.1) is 18.8 Å². The summed E-state index contributed by atoms with van der Waals surface area (Å²) in [7, 11) is 1.76. The van der Waals surface area contributed by atoms with E-state index in [0.717, 1.165) is 13.0 Å². The molecule has 2 heteroatoms. The fourth-order valence-electron chi connectivity index (χ4n) is 1.57. The maximum Gasteiger partial charge on any atom is 0.0880 e. The predicted octanol–water partition coefficient (Wildman–Crippen LogP) is 1.45. The first-order chi connectivity index (χ1) is 4.79. The summed E-state index contributed by atoms with van der Waals surface area (Å²) in [5.74, 6) is 0.565. The number of hydrogen-bond acceptors (Lipinski definition) is 2. The zero-order valence-electron chi connectivity index (χ0n) is 6.96. The van der Waals surface area contributed by atoms with Gasteiger partial charge in [0, 0.05) is 13.0 Å². The standard InChI is InChI=1S/C8H16O2/c1-4-7-8(9-3)6(2)5-10-7/h6-8H,4-5H2,1-3H3. The minimum Gasteiger partial charge on any atom is -0.378 e. The molecule has 60 valence electrons. The second kappa shape index (κ2) is 3.35. The van der Waals surface area contributed by atoms with E-state index in [1.165, 1.54) is 0 Å². The summed E-state index contributed by atoms with van der Waals surface area (Å²) in [5.41, 5.74) is 0. The van der Waals surface area contributed by atoms with Gasteiger partial charge in [-0.25, -0.2) is 0 Å². The van der Waals surface area contributed by atoms with Crippen molar-refractivity contribution in [1.82, 2.24) is 0 Å². The summed E-state index contributed by atoms with van der Waals surface area (Å²) in [4.78, 5) is 0. The number of rotatable bonds is 2. The summed E-state index contributed by atoms with van der Waals surface area (Å²) in [6.07, 6.45) is 1.72. The number of methoxy groups -OCH3 is 1. The van der Waals surface area contributed by atoms with Gasteiger partial charge in [0.1, 0.15) is 0 Å². The van der Waals surface area contributed by atoms with Crippen LogP contribution in [0, 0.1) is 5.92 Å². The number of ether oxygens (including phenoxy) is 2. The average Bonchev–Trinajstić information content (AvgIpc) is 2.30. The molecular weight excluding hydrogens is 128 g/mol. The zero-order chi connectivity index (χ0) is 7.56. The largest absolute Gasteiger partial charge is 0.378 e. The molecule has 0 amide bonds. The molecule has 0 spiro atoms. The molecule has 1 saturated heterocycles. The van der Waals surface area contributed by atoms with E-state index in [9.17, 15) is 0 Å². The van der Waals surface area contributed by atoms with Gasteiger partial charge in [-0.15, -0.1) is 0 Å². The molecule has 1 rings (SSSR count). The monoisotopic (exact) mass is 144 g/mol. The molecule has 1 fully saturated rings. The van der Waals surface area contributed by atoms with Crippen LogP contribution in [0.25, 0.3) is 0 Å². The topological polar surface area (TPSA) is 18.5 Å². The van der Waals surface area contributed by atoms with Crippen molar-refractivity contribution in [2.24, 2.45) is 5.92 Å². The smallest absolute Gasteiger partial charge is 0.0880 e. The Bertz CT molecular complexity index is 103. The fraction of sp³-hybridized carbons (Fsp3) is 1.00. The maximum atomic E-state index is 5.49. The number of hydrogen-bond donors (Lipinski definition) is 0. The van der Waals surface area contributed by atoms with Crippen LogP contribution in [0.5, 0.6) is 0 Å². The normalized spacial score (nSPS) is 40.5. The van der Waals surface area contributed by atoms with Crippen LogP contribution in [0.1, 0.15) is 20.3 Å². The van der Waals surface area contributed by atoms with E-state index in [2.05, 4.69) is 13.8 Å². The lowest BCUT2D eigenvalue weighted by Gasteiger charge is -2.17. The third kappa shape index (κ3) is 1.32. The van der Waals surface area contributed by atoms with Gasteiger partial charge in [0.15, 0.2) is 0 Å². The molecule has 0 N–H and O–H groups in total. The van der Waals surface area contributed by atoms with Gasteiger partial charge in [0.25, 0.3) is 0 Å². The summed E-state index contributed by atoms with van der Waals surface area (Å²) < 4.78 is 10.8. The minimum atomic E-state index is 0.324. The Hall–Kier alpha value is -0.0800. The van der Waals surface area contributed by atoms with Crippen molar-refractivity contribution in [1.29, 1.82) is 0 Å². The molecule has 0 radical (unpaired) electrons. The molecule has 0 aromatic heterocycles. The van der Waals surface area contributed by atoms with Crippen LogP contribution in [0.15, 0.2) is 0 Å². The van der Waals surface area contributed by atoms with E-state index in [-0.39, 0.29) is 0 Å². The Morgan fingerprint density at radius 1 is 1.60 bits per heavy atom. The molecular formula is C8H16O2. The first-order valence-corrected chi connectivity index (χ1v) is 3.94. The predicted molar refractivity (Wildman–Crippen MR) is 40.0 cm³/mol. The van der Waals surface area contributed by atoms with Crippen LogP contribution in [0.3, 0.4) is 0 Å². The molecule has 10 heavy (non-hydrogen) atoms. The Labute approximate surface area is 62.5 Å². The summed E-state index contributed by atoms with van der Waals surface area (Å²) in [6.45, 7) is 5.16. The molecule has 1 aliphatic rings. The Balaban J connectivity index is 2.45. The highest BCUT2D eigenvalue weighted by Gasteiger charge is 2.32. The van der Waals surface area contributed by atoms with Crippen molar-refractivity contribution in [3.05, 3.63) is 0 Å². The SMILES string of the molecule is CCC1OCC(C)C1OC. The van der Waals surface area contributed by atoms with Crippen molar-refractivity contribution in [2.45, 2.75) is 32.5 Å². The van der Waals surface area contributed by atoms with Gasteiger partial charge in [-0.1, -0.05) is 13.8 Å². The summed E-state index contributed by atoms with van der Waals surface area (Å²) in [6, 6.07) is 0. The first-order valence-electron chi connectivity index (χ1n) is 3.94. The van der Waals surface area contributed by atoms with Crippen molar-refractivity contribution >= 4 is 0 Å². The van der Waals surface area contributed by atoms with E-state index < -0.39 is 0 Å². The Morgan fingerprint density at radius 2 is 2.30 bits per heavy atom. The molecule has 3 unspecified atom stereocenters. The Morgan fingerprint density at radius 3 is 2.70 bits per heavy atom.